The average Bonchev–Trinajstić information content (AvgIpc) is 2.48. The first kappa shape index (κ1) is 14.4. The molecule has 0 radical (unpaired) electrons. The molecule has 0 saturated carbocycles. The fraction of sp³-hybridized carbons (Fsp3) is 0.333. The molecule has 1 aromatic rings. The fourth-order valence-electron chi connectivity index (χ4n) is 2.52. The number of nitrogens with zero attached hydrogens (tertiary/aromatic N) is 1. The quantitative estimate of drug-likeness (QED) is 0.761. The Balaban J connectivity index is 2.44. The summed E-state index contributed by atoms with van der Waals surface area (Å²) in [5, 5.41) is 0. The van der Waals surface area contributed by atoms with Crippen molar-refractivity contribution in [1.82, 2.24) is 4.90 Å². The molecule has 0 spiro atoms. The maximum absolute atomic E-state index is 5.32. The van der Waals surface area contributed by atoms with Crippen LogP contribution >= 0.6 is 0 Å². The summed E-state index contributed by atoms with van der Waals surface area (Å²) in [5.74, 6) is 0.948. The normalized spacial score (nSPS) is 20.1. The van der Waals surface area contributed by atoms with Crippen LogP contribution in [-0.2, 0) is 4.74 Å². The largest absolute Gasteiger partial charge is 0.502 e. The van der Waals surface area contributed by atoms with Crippen LogP contribution in [0.5, 0.6) is 0 Å². The molecular weight excluding hydrogens is 246 g/mol. The van der Waals surface area contributed by atoms with Crippen LogP contribution in [0.15, 0.2) is 59.4 Å². The molecule has 1 unspecified atom stereocenters. The van der Waals surface area contributed by atoms with Crippen molar-refractivity contribution in [3.05, 3.63) is 65.0 Å². The molecule has 0 fully saturated rings. The summed E-state index contributed by atoms with van der Waals surface area (Å²) in [7, 11) is 3.85. The van der Waals surface area contributed by atoms with Gasteiger partial charge in [0.15, 0.2) is 0 Å². The summed E-state index contributed by atoms with van der Waals surface area (Å²) < 4.78 is 5.32. The van der Waals surface area contributed by atoms with E-state index in [9.17, 15) is 0 Å². The number of methoxy groups -OCH3 is 1. The Morgan fingerprint density at radius 3 is 2.45 bits per heavy atom. The molecule has 20 heavy (non-hydrogen) atoms. The predicted octanol–water partition coefficient (Wildman–Crippen LogP) is 4.23. The Morgan fingerprint density at radius 1 is 1.20 bits per heavy atom. The number of benzene rings is 1. The molecule has 1 aliphatic heterocycles. The number of likely N-dealkylation sites (N-methyl/N-ethyl adjacent to an activating group) is 1. The molecule has 2 nitrogen and oxygen atoms in total. The van der Waals surface area contributed by atoms with Gasteiger partial charge in [-0.2, -0.15) is 0 Å². The zero-order valence-corrected chi connectivity index (χ0v) is 13.0. The van der Waals surface area contributed by atoms with Gasteiger partial charge >= 0.3 is 0 Å². The van der Waals surface area contributed by atoms with Crippen molar-refractivity contribution in [3.8, 4) is 0 Å². The van der Waals surface area contributed by atoms with Crippen LogP contribution in [0.25, 0.3) is 5.70 Å². The average molecular weight is 269 g/mol. The lowest BCUT2D eigenvalue weighted by Gasteiger charge is -2.35. The van der Waals surface area contributed by atoms with Gasteiger partial charge in [0.25, 0.3) is 0 Å². The van der Waals surface area contributed by atoms with Crippen molar-refractivity contribution >= 4 is 5.70 Å². The Hall–Kier alpha value is -1.96. The third kappa shape index (κ3) is 2.79. The smallest absolute Gasteiger partial charge is 0.0908 e. The highest BCUT2D eigenvalue weighted by atomic mass is 16.5. The molecule has 0 N–H and O–H groups in total. The zero-order valence-electron chi connectivity index (χ0n) is 13.0. The lowest BCUT2D eigenvalue weighted by atomic mass is 9.93. The van der Waals surface area contributed by atoms with Gasteiger partial charge in [0.05, 0.1) is 18.9 Å². The van der Waals surface area contributed by atoms with Crippen LogP contribution in [0.4, 0.5) is 0 Å². The molecule has 0 aromatic heterocycles. The minimum absolute atomic E-state index is 0.246. The predicted molar refractivity (Wildman–Crippen MR) is 85.1 cm³/mol. The number of ether oxygens (including phenoxy) is 1. The Morgan fingerprint density at radius 2 is 1.85 bits per heavy atom. The number of hydrogen-bond donors (Lipinski definition) is 0. The molecule has 1 aromatic carbocycles. The molecule has 0 aliphatic carbocycles. The summed E-state index contributed by atoms with van der Waals surface area (Å²) in [6, 6.07) is 10.8. The molecule has 1 aliphatic rings. The maximum Gasteiger partial charge on any atom is 0.0908 e. The van der Waals surface area contributed by atoms with E-state index < -0.39 is 0 Å². The lowest BCUT2D eigenvalue weighted by molar-refractivity contribution is 0.286. The highest BCUT2D eigenvalue weighted by Gasteiger charge is 2.23. The highest BCUT2D eigenvalue weighted by Crippen LogP contribution is 2.31. The monoisotopic (exact) mass is 269 g/mol. The van der Waals surface area contributed by atoms with Gasteiger partial charge in [-0.25, -0.2) is 0 Å². The molecular formula is C18H23NO. The molecule has 2 rings (SSSR count). The SMILES string of the molecule is CO/C(C)=C/C1C(C)=C(C)C=C(c2ccccc2)N1C. The van der Waals surface area contributed by atoms with E-state index in [1.165, 1.54) is 22.4 Å². The fourth-order valence-corrected chi connectivity index (χ4v) is 2.52. The number of rotatable bonds is 3. The van der Waals surface area contributed by atoms with Gasteiger partial charge in [-0.05, 0) is 49.6 Å². The maximum atomic E-state index is 5.32. The van der Waals surface area contributed by atoms with Gasteiger partial charge in [-0.3, -0.25) is 0 Å². The first-order valence-corrected chi connectivity index (χ1v) is 6.94. The van der Waals surface area contributed by atoms with Crippen molar-refractivity contribution in [1.29, 1.82) is 0 Å². The first-order valence-electron chi connectivity index (χ1n) is 6.94. The molecule has 0 saturated heterocycles. The lowest BCUT2D eigenvalue weighted by Crippen LogP contribution is -2.33. The third-order valence-corrected chi connectivity index (χ3v) is 4.00. The minimum Gasteiger partial charge on any atom is -0.502 e. The van der Waals surface area contributed by atoms with E-state index >= 15 is 0 Å². The molecule has 1 atom stereocenters. The van der Waals surface area contributed by atoms with Gasteiger partial charge in [0.2, 0.25) is 0 Å². The van der Waals surface area contributed by atoms with Crippen molar-refractivity contribution < 1.29 is 4.74 Å². The zero-order chi connectivity index (χ0) is 14.7. The Bertz CT molecular complexity index is 566. The summed E-state index contributed by atoms with van der Waals surface area (Å²) in [4.78, 5) is 2.31. The van der Waals surface area contributed by atoms with E-state index in [0.717, 1.165) is 5.76 Å². The second-order valence-corrected chi connectivity index (χ2v) is 5.30. The Kier molecular flexibility index (Phi) is 4.33. The second-order valence-electron chi connectivity index (χ2n) is 5.30. The van der Waals surface area contributed by atoms with Crippen LogP contribution in [0, 0.1) is 0 Å². The van der Waals surface area contributed by atoms with Crippen LogP contribution < -0.4 is 0 Å². The van der Waals surface area contributed by atoms with Crippen molar-refractivity contribution in [2.75, 3.05) is 14.2 Å². The number of allylic oxidation sites excluding steroid dienone is 3. The second kappa shape index (κ2) is 6.00. The van der Waals surface area contributed by atoms with Gasteiger partial charge < -0.3 is 9.64 Å². The highest BCUT2D eigenvalue weighted by molar-refractivity contribution is 5.69. The van der Waals surface area contributed by atoms with Crippen molar-refractivity contribution in [2.45, 2.75) is 26.8 Å². The minimum atomic E-state index is 0.246. The summed E-state index contributed by atoms with van der Waals surface area (Å²) in [6.07, 6.45) is 4.44. The first-order chi connectivity index (χ1) is 9.54. The van der Waals surface area contributed by atoms with E-state index in [4.69, 9.17) is 4.74 Å². The van der Waals surface area contributed by atoms with Gasteiger partial charge in [0, 0.05) is 12.7 Å². The van der Waals surface area contributed by atoms with E-state index in [2.05, 4.69) is 62.2 Å². The molecule has 0 bridgehead atoms. The van der Waals surface area contributed by atoms with Gasteiger partial charge in [0.1, 0.15) is 0 Å². The van der Waals surface area contributed by atoms with Gasteiger partial charge in [-0.1, -0.05) is 30.3 Å². The van der Waals surface area contributed by atoms with E-state index in [1.807, 2.05) is 13.0 Å². The summed E-state index contributed by atoms with van der Waals surface area (Å²) in [6.45, 7) is 6.36. The van der Waals surface area contributed by atoms with E-state index in [0.29, 0.717) is 0 Å². The van der Waals surface area contributed by atoms with Gasteiger partial charge in [-0.15, -0.1) is 0 Å². The molecule has 106 valence electrons. The third-order valence-electron chi connectivity index (χ3n) is 4.00. The van der Waals surface area contributed by atoms with E-state index in [1.54, 1.807) is 7.11 Å². The van der Waals surface area contributed by atoms with Crippen LogP contribution in [-0.4, -0.2) is 25.1 Å². The van der Waals surface area contributed by atoms with Crippen molar-refractivity contribution in [2.24, 2.45) is 0 Å². The van der Waals surface area contributed by atoms with E-state index in [-0.39, 0.29) is 6.04 Å². The number of hydrogen-bond acceptors (Lipinski definition) is 2. The molecule has 2 heteroatoms. The Labute approximate surface area is 122 Å². The van der Waals surface area contributed by atoms with Crippen molar-refractivity contribution in [3.63, 3.8) is 0 Å². The van der Waals surface area contributed by atoms with Crippen LogP contribution in [0.1, 0.15) is 26.3 Å². The summed E-state index contributed by atoms with van der Waals surface area (Å²) >= 11 is 0. The van der Waals surface area contributed by atoms with Crippen LogP contribution in [0.2, 0.25) is 0 Å². The summed E-state index contributed by atoms with van der Waals surface area (Å²) in [5.41, 5.74) is 5.19. The topological polar surface area (TPSA) is 12.5 Å². The molecule has 1 heterocycles. The molecule has 0 amide bonds. The van der Waals surface area contributed by atoms with Crippen LogP contribution in [0.3, 0.4) is 0 Å². The standard InChI is InChI=1S/C18H23NO/c1-13-11-18(16-9-7-6-8-10-16)19(4)17(15(13)3)12-14(2)20-5/h6-12,17H,1-5H3/b14-12+.